The minimum Gasteiger partial charge on any atom is -0.281 e. The number of pyridine rings is 2. The largest absolute Gasteiger partial charge is 0.281 e. The minimum atomic E-state index is 0.877. The summed E-state index contributed by atoms with van der Waals surface area (Å²) in [6.45, 7) is 0. The standard InChI is InChI=1S/C12H7N5/c1-2-8-9-4-13-6-16-11(9)10-5-14-7-17(10)12(8)15-3-1/h1-7H. The van der Waals surface area contributed by atoms with Gasteiger partial charge in [0.15, 0.2) is 0 Å². The van der Waals surface area contributed by atoms with Gasteiger partial charge in [-0.3, -0.25) is 4.40 Å². The van der Waals surface area contributed by atoms with Gasteiger partial charge in [-0.05, 0) is 12.1 Å². The molecule has 5 nitrogen and oxygen atoms in total. The fourth-order valence-electron chi connectivity index (χ4n) is 2.17. The van der Waals surface area contributed by atoms with Gasteiger partial charge >= 0.3 is 0 Å². The first kappa shape index (κ1) is 8.58. The summed E-state index contributed by atoms with van der Waals surface area (Å²) in [6.07, 6.45) is 8.70. The van der Waals surface area contributed by atoms with Gasteiger partial charge in [0.2, 0.25) is 0 Å². The lowest BCUT2D eigenvalue weighted by Gasteiger charge is -2.05. The molecule has 17 heavy (non-hydrogen) atoms. The Morgan fingerprint density at radius 1 is 1.00 bits per heavy atom. The van der Waals surface area contributed by atoms with Gasteiger partial charge in [-0.25, -0.2) is 19.9 Å². The van der Waals surface area contributed by atoms with Gasteiger partial charge in [0, 0.05) is 23.2 Å². The van der Waals surface area contributed by atoms with Gasteiger partial charge in [-0.15, -0.1) is 0 Å². The predicted molar refractivity (Wildman–Crippen MR) is 63.6 cm³/mol. The zero-order valence-electron chi connectivity index (χ0n) is 8.78. The van der Waals surface area contributed by atoms with Gasteiger partial charge in [-0.2, -0.15) is 0 Å². The predicted octanol–water partition coefficient (Wildman–Crippen LogP) is 1.83. The van der Waals surface area contributed by atoms with Gasteiger partial charge in [0.25, 0.3) is 0 Å². The van der Waals surface area contributed by atoms with E-state index in [-0.39, 0.29) is 0 Å². The van der Waals surface area contributed by atoms with Crippen LogP contribution in [-0.4, -0.2) is 24.3 Å². The van der Waals surface area contributed by atoms with Crippen LogP contribution in [0.15, 0.2) is 43.4 Å². The molecular weight excluding hydrogens is 214 g/mol. The molecule has 0 fully saturated rings. The van der Waals surface area contributed by atoms with Crippen LogP contribution < -0.4 is 0 Å². The van der Waals surface area contributed by atoms with Crippen molar-refractivity contribution in [3.8, 4) is 0 Å². The Bertz CT molecular complexity index is 779. The summed E-state index contributed by atoms with van der Waals surface area (Å²) in [5.74, 6) is 0. The van der Waals surface area contributed by atoms with E-state index in [2.05, 4.69) is 19.9 Å². The SMILES string of the molecule is c1cnc2c(c1)c1cncnc1c1cncn12. The second-order valence-electron chi connectivity index (χ2n) is 3.81. The normalized spacial score (nSPS) is 11.5. The minimum absolute atomic E-state index is 0.877. The third-order valence-corrected chi connectivity index (χ3v) is 2.90. The zero-order valence-corrected chi connectivity index (χ0v) is 8.78. The van der Waals surface area contributed by atoms with Crippen LogP contribution in [0.2, 0.25) is 0 Å². The molecule has 0 amide bonds. The Balaban J connectivity index is 2.48. The molecule has 0 aliphatic rings. The fraction of sp³-hybridized carbons (Fsp3) is 0. The summed E-state index contributed by atoms with van der Waals surface area (Å²) in [5, 5.41) is 2.04. The van der Waals surface area contributed by atoms with E-state index in [1.165, 1.54) is 0 Å². The smallest absolute Gasteiger partial charge is 0.146 e. The van der Waals surface area contributed by atoms with E-state index in [1.807, 2.05) is 22.7 Å². The highest BCUT2D eigenvalue weighted by Crippen LogP contribution is 2.25. The quantitative estimate of drug-likeness (QED) is 0.425. The molecule has 0 aliphatic heterocycles. The van der Waals surface area contributed by atoms with Gasteiger partial charge in [0.05, 0.1) is 11.7 Å². The van der Waals surface area contributed by atoms with Crippen molar-refractivity contribution in [3.63, 3.8) is 0 Å². The lowest BCUT2D eigenvalue weighted by atomic mass is 10.2. The molecule has 0 aromatic carbocycles. The Kier molecular flexibility index (Phi) is 1.50. The molecule has 0 N–H and O–H groups in total. The topological polar surface area (TPSA) is 56.0 Å². The maximum atomic E-state index is 4.40. The van der Waals surface area contributed by atoms with E-state index < -0.39 is 0 Å². The Hall–Kier alpha value is -2.56. The van der Waals surface area contributed by atoms with Gasteiger partial charge < -0.3 is 0 Å². The third kappa shape index (κ3) is 1.02. The summed E-state index contributed by atoms with van der Waals surface area (Å²) < 4.78 is 1.95. The van der Waals surface area contributed by atoms with Gasteiger partial charge in [0.1, 0.15) is 23.8 Å². The monoisotopic (exact) mass is 221 g/mol. The van der Waals surface area contributed by atoms with Crippen LogP contribution in [0.1, 0.15) is 0 Å². The summed E-state index contributed by atoms with van der Waals surface area (Å²) in [6, 6.07) is 3.94. The number of imidazole rings is 1. The average Bonchev–Trinajstić information content (AvgIpc) is 2.89. The van der Waals surface area contributed by atoms with Crippen LogP contribution in [0, 0.1) is 0 Å². The molecule has 4 heterocycles. The molecule has 0 aliphatic carbocycles. The maximum absolute atomic E-state index is 4.40. The van der Waals surface area contributed by atoms with Crippen molar-refractivity contribution >= 4 is 27.5 Å². The Labute approximate surface area is 95.8 Å². The van der Waals surface area contributed by atoms with Crippen LogP contribution in [0.3, 0.4) is 0 Å². The van der Waals surface area contributed by atoms with Crippen LogP contribution in [0.4, 0.5) is 0 Å². The molecule has 4 aromatic rings. The van der Waals surface area contributed by atoms with E-state index in [9.17, 15) is 0 Å². The molecule has 0 unspecified atom stereocenters. The van der Waals surface area contributed by atoms with Crippen molar-refractivity contribution in [2.24, 2.45) is 0 Å². The Morgan fingerprint density at radius 2 is 2.00 bits per heavy atom. The number of hydrogen-bond donors (Lipinski definition) is 0. The van der Waals surface area contributed by atoms with E-state index in [4.69, 9.17) is 0 Å². The van der Waals surface area contributed by atoms with Crippen LogP contribution in [0.5, 0.6) is 0 Å². The van der Waals surface area contributed by atoms with Crippen LogP contribution >= 0.6 is 0 Å². The molecule has 0 spiro atoms. The second-order valence-corrected chi connectivity index (χ2v) is 3.81. The number of rotatable bonds is 0. The van der Waals surface area contributed by atoms with Crippen LogP contribution in [-0.2, 0) is 0 Å². The summed E-state index contributed by atoms with van der Waals surface area (Å²) in [5.41, 5.74) is 2.73. The van der Waals surface area contributed by atoms with E-state index in [0.29, 0.717) is 0 Å². The molecule has 4 rings (SSSR count). The number of hydrogen-bond acceptors (Lipinski definition) is 4. The third-order valence-electron chi connectivity index (χ3n) is 2.90. The molecule has 0 saturated heterocycles. The lowest BCUT2D eigenvalue weighted by molar-refractivity contribution is 1.16. The van der Waals surface area contributed by atoms with E-state index >= 15 is 0 Å². The summed E-state index contributed by atoms with van der Waals surface area (Å²) in [4.78, 5) is 17.0. The maximum Gasteiger partial charge on any atom is 0.146 e. The van der Waals surface area contributed by atoms with Crippen molar-refractivity contribution in [1.82, 2.24) is 24.3 Å². The van der Waals surface area contributed by atoms with Crippen molar-refractivity contribution in [2.45, 2.75) is 0 Å². The molecule has 0 atom stereocenters. The van der Waals surface area contributed by atoms with Crippen molar-refractivity contribution in [3.05, 3.63) is 43.4 Å². The molecule has 0 radical (unpaired) electrons. The van der Waals surface area contributed by atoms with Crippen molar-refractivity contribution in [1.29, 1.82) is 0 Å². The molecule has 0 saturated carbocycles. The highest BCUT2D eigenvalue weighted by Gasteiger charge is 2.09. The number of fused-ring (bicyclic) bond motifs is 6. The molecule has 0 bridgehead atoms. The first-order valence-electron chi connectivity index (χ1n) is 5.23. The first-order chi connectivity index (χ1) is 8.45. The highest BCUT2D eigenvalue weighted by molar-refractivity contribution is 6.09. The van der Waals surface area contributed by atoms with Crippen molar-refractivity contribution in [2.75, 3.05) is 0 Å². The van der Waals surface area contributed by atoms with Crippen LogP contribution in [0.25, 0.3) is 27.5 Å². The number of nitrogens with zero attached hydrogens (tertiary/aromatic N) is 5. The highest BCUT2D eigenvalue weighted by atomic mass is 15.0. The van der Waals surface area contributed by atoms with E-state index in [0.717, 1.165) is 27.5 Å². The molecule has 4 aromatic heterocycles. The molecule has 80 valence electrons. The van der Waals surface area contributed by atoms with E-state index in [1.54, 1.807) is 25.0 Å². The summed E-state index contributed by atoms with van der Waals surface area (Å²) in [7, 11) is 0. The average molecular weight is 221 g/mol. The van der Waals surface area contributed by atoms with Gasteiger partial charge in [-0.1, -0.05) is 0 Å². The number of aromatic nitrogens is 5. The second kappa shape index (κ2) is 2.98. The first-order valence-corrected chi connectivity index (χ1v) is 5.23. The Morgan fingerprint density at radius 3 is 3.00 bits per heavy atom. The molecule has 5 heteroatoms. The lowest BCUT2D eigenvalue weighted by Crippen LogP contribution is -1.93. The fourth-order valence-corrected chi connectivity index (χ4v) is 2.17. The van der Waals surface area contributed by atoms with Crippen molar-refractivity contribution < 1.29 is 0 Å². The molecular formula is C12H7N5. The zero-order chi connectivity index (χ0) is 11.2. The summed E-state index contributed by atoms with van der Waals surface area (Å²) >= 11 is 0.